The minimum absolute atomic E-state index is 0.00531. The summed E-state index contributed by atoms with van der Waals surface area (Å²) in [6.45, 7) is 2.39. The van der Waals surface area contributed by atoms with Crippen LogP contribution >= 0.6 is 11.3 Å². The average molecular weight is 296 g/mol. The quantitative estimate of drug-likeness (QED) is 0.789. The number of hydrogen-bond acceptors (Lipinski definition) is 5. The first-order valence-electron chi connectivity index (χ1n) is 6.70. The van der Waals surface area contributed by atoms with Gasteiger partial charge in [-0.15, -0.1) is 11.3 Å². The largest absolute Gasteiger partial charge is 0.392 e. The van der Waals surface area contributed by atoms with Crippen LogP contribution in [0.2, 0.25) is 0 Å². The predicted molar refractivity (Wildman–Crippen MR) is 79.3 cm³/mol. The number of carbonyl (C=O) groups excluding carboxylic acids is 1. The number of ether oxygens (including phenoxy) is 1. The van der Waals surface area contributed by atoms with E-state index >= 15 is 0 Å². The van der Waals surface area contributed by atoms with E-state index in [9.17, 15) is 4.79 Å². The maximum absolute atomic E-state index is 12.1. The summed E-state index contributed by atoms with van der Waals surface area (Å²) < 4.78 is 5.56. The minimum atomic E-state index is -0.00531. The number of thiophene rings is 1. The lowest BCUT2D eigenvalue weighted by Gasteiger charge is -2.32. The molecule has 1 aliphatic heterocycles. The summed E-state index contributed by atoms with van der Waals surface area (Å²) in [6.07, 6.45) is 4.20. The second kappa shape index (κ2) is 7.54. The van der Waals surface area contributed by atoms with Gasteiger partial charge in [-0.2, -0.15) is 0 Å². The molecule has 5 nitrogen and oxygen atoms in total. The van der Waals surface area contributed by atoms with Crippen molar-refractivity contribution < 1.29 is 14.6 Å². The highest BCUT2D eigenvalue weighted by Gasteiger charge is 2.22. The molecule has 0 bridgehead atoms. The molecule has 20 heavy (non-hydrogen) atoms. The maximum atomic E-state index is 12.1. The second-order valence-electron chi connectivity index (χ2n) is 4.70. The molecule has 6 heteroatoms. The number of hydrogen-bond donors (Lipinski definition) is 2. The van der Waals surface area contributed by atoms with Gasteiger partial charge in [0.05, 0.1) is 19.3 Å². The van der Waals surface area contributed by atoms with Crippen LogP contribution in [0.25, 0.3) is 6.08 Å². The van der Waals surface area contributed by atoms with Crippen molar-refractivity contribution >= 4 is 23.3 Å². The molecular formula is C14H20N2O3S. The Hall–Kier alpha value is -1.21. The van der Waals surface area contributed by atoms with Gasteiger partial charge in [-0.1, -0.05) is 0 Å². The Labute approximate surface area is 122 Å². The van der Waals surface area contributed by atoms with Gasteiger partial charge in [-0.05, 0) is 36.1 Å². The molecule has 0 saturated carbocycles. The Morgan fingerprint density at radius 3 is 3.20 bits per heavy atom. The van der Waals surface area contributed by atoms with Crippen LogP contribution in [0.4, 0.5) is 0 Å². The summed E-state index contributed by atoms with van der Waals surface area (Å²) in [5.41, 5.74) is 6.39. The summed E-state index contributed by atoms with van der Waals surface area (Å²) in [6, 6.07) is 1.88. The van der Waals surface area contributed by atoms with Gasteiger partial charge in [-0.25, -0.2) is 0 Å². The molecule has 1 amide bonds. The van der Waals surface area contributed by atoms with Crippen LogP contribution in [0.1, 0.15) is 16.9 Å². The van der Waals surface area contributed by atoms with Gasteiger partial charge in [0.1, 0.15) is 0 Å². The van der Waals surface area contributed by atoms with E-state index in [0.717, 1.165) is 16.9 Å². The molecule has 2 rings (SSSR count). The Morgan fingerprint density at radius 2 is 2.50 bits per heavy atom. The molecule has 110 valence electrons. The molecule has 1 saturated heterocycles. The van der Waals surface area contributed by atoms with Gasteiger partial charge in [0.15, 0.2) is 0 Å². The van der Waals surface area contributed by atoms with Crippen LogP contribution in [0, 0.1) is 0 Å². The van der Waals surface area contributed by atoms with Gasteiger partial charge < -0.3 is 20.5 Å². The molecule has 0 spiro atoms. The van der Waals surface area contributed by atoms with Crippen molar-refractivity contribution in [1.82, 2.24) is 4.90 Å². The van der Waals surface area contributed by atoms with Gasteiger partial charge in [0, 0.05) is 24.0 Å². The van der Waals surface area contributed by atoms with Crippen molar-refractivity contribution in [3.63, 3.8) is 0 Å². The zero-order chi connectivity index (χ0) is 14.4. The Balaban J connectivity index is 1.90. The van der Waals surface area contributed by atoms with E-state index in [4.69, 9.17) is 15.6 Å². The number of aliphatic hydroxyl groups excluding tert-OH is 1. The molecule has 1 fully saturated rings. The number of carbonyl (C=O) groups is 1. The minimum Gasteiger partial charge on any atom is -0.392 e. The summed E-state index contributed by atoms with van der Waals surface area (Å²) in [5.74, 6) is -0.00531. The lowest BCUT2D eigenvalue weighted by atomic mass is 10.2. The average Bonchev–Trinajstić information content (AvgIpc) is 2.93. The number of nitrogens with zero attached hydrogens (tertiary/aromatic N) is 1. The van der Waals surface area contributed by atoms with Crippen LogP contribution in [-0.2, 0) is 16.1 Å². The van der Waals surface area contributed by atoms with E-state index in [1.54, 1.807) is 17.1 Å². The Bertz CT molecular complexity index is 471. The first kappa shape index (κ1) is 15.2. The Kier molecular flexibility index (Phi) is 5.72. The molecule has 1 aromatic rings. The molecule has 1 aromatic heterocycles. The molecule has 2 heterocycles. The fourth-order valence-electron chi connectivity index (χ4n) is 2.10. The van der Waals surface area contributed by atoms with E-state index < -0.39 is 0 Å². The third-order valence-corrected chi connectivity index (χ3v) is 4.13. The SMILES string of the molecule is NCCC1CN(C(=O)C=Cc2cc(CO)cs2)CCO1. The van der Waals surface area contributed by atoms with E-state index in [0.29, 0.717) is 26.2 Å². The van der Waals surface area contributed by atoms with Gasteiger partial charge in [0.25, 0.3) is 0 Å². The van der Waals surface area contributed by atoms with Crippen molar-refractivity contribution in [3.05, 3.63) is 28.0 Å². The molecule has 0 aliphatic carbocycles. The highest BCUT2D eigenvalue weighted by atomic mass is 32.1. The van der Waals surface area contributed by atoms with Gasteiger partial charge in [0.2, 0.25) is 5.91 Å². The van der Waals surface area contributed by atoms with Crippen LogP contribution < -0.4 is 5.73 Å². The molecule has 1 atom stereocenters. The summed E-state index contributed by atoms with van der Waals surface area (Å²) in [7, 11) is 0. The fourth-order valence-corrected chi connectivity index (χ4v) is 2.90. The van der Waals surface area contributed by atoms with Gasteiger partial charge >= 0.3 is 0 Å². The normalized spacial score (nSPS) is 19.7. The van der Waals surface area contributed by atoms with E-state index in [1.807, 2.05) is 11.4 Å². The lowest BCUT2D eigenvalue weighted by molar-refractivity contribution is -0.133. The summed E-state index contributed by atoms with van der Waals surface area (Å²) in [5, 5.41) is 10.9. The zero-order valence-corrected chi connectivity index (χ0v) is 12.1. The predicted octanol–water partition coefficient (Wildman–Crippen LogP) is 0.830. The Morgan fingerprint density at radius 1 is 1.65 bits per heavy atom. The van der Waals surface area contributed by atoms with Crippen molar-refractivity contribution in [3.8, 4) is 0 Å². The number of nitrogens with two attached hydrogens (primary N) is 1. The van der Waals surface area contributed by atoms with Crippen molar-refractivity contribution in [2.24, 2.45) is 5.73 Å². The number of rotatable bonds is 5. The monoisotopic (exact) mass is 296 g/mol. The lowest BCUT2D eigenvalue weighted by Crippen LogP contribution is -2.45. The second-order valence-corrected chi connectivity index (χ2v) is 5.65. The summed E-state index contributed by atoms with van der Waals surface area (Å²) >= 11 is 1.51. The van der Waals surface area contributed by atoms with Crippen LogP contribution in [-0.4, -0.2) is 48.3 Å². The molecule has 1 aliphatic rings. The van der Waals surface area contributed by atoms with E-state index in [-0.39, 0.29) is 18.6 Å². The fraction of sp³-hybridized carbons (Fsp3) is 0.500. The van der Waals surface area contributed by atoms with Crippen LogP contribution in [0.3, 0.4) is 0 Å². The first-order valence-corrected chi connectivity index (χ1v) is 7.58. The van der Waals surface area contributed by atoms with Crippen molar-refractivity contribution in [1.29, 1.82) is 0 Å². The zero-order valence-electron chi connectivity index (χ0n) is 11.3. The van der Waals surface area contributed by atoms with Crippen molar-refractivity contribution in [2.45, 2.75) is 19.1 Å². The molecule has 0 radical (unpaired) electrons. The maximum Gasteiger partial charge on any atom is 0.246 e. The van der Waals surface area contributed by atoms with Crippen LogP contribution in [0.5, 0.6) is 0 Å². The van der Waals surface area contributed by atoms with Crippen molar-refractivity contribution in [2.75, 3.05) is 26.2 Å². The first-order chi connectivity index (χ1) is 9.72. The van der Waals surface area contributed by atoms with Gasteiger partial charge in [-0.3, -0.25) is 4.79 Å². The third kappa shape index (κ3) is 4.14. The molecular weight excluding hydrogens is 276 g/mol. The standard InChI is InChI=1S/C14H20N2O3S/c15-4-3-12-8-16(5-6-19-12)14(18)2-1-13-7-11(9-17)10-20-13/h1-2,7,10,12,17H,3-6,8-9,15H2. The highest BCUT2D eigenvalue weighted by molar-refractivity contribution is 7.11. The number of morpholine rings is 1. The third-order valence-electron chi connectivity index (χ3n) is 3.19. The van der Waals surface area contributed by atoms with E-state index in [2.05, 4.69) is 0 Å². The number of amides is 1. The van der Waals surface area contributed by atoms with Crippen LogP contribution in [0.15, 0.2) is 17.5 Å². The molecule has 3 N–H and O–H groups in total. The smallest absolute Gasteiger partial charge is 0.246 e. The molecule has 0 aromatic carbocycles. The molecule has 1 unspecified atom stereocenters. The number of aliphatic hydroxyl groups is 1. The topological polar surface area (TPSA) is 75.8 Å². The highest BCUT2D eigenvalue weighted by Crippen LogP contribution is 2.16. The summed E-state index contributed by atoms with van der Waals surface area (Å²) in [4.78, 5) is 14.9. The van der Waals surface area contributed by atoms with E-state index in [1.165, 1.54) is 11.3 Å².